The lowest BCUT2D eigenvalue weighted by atomic mass is 10.1. The standard InChI is InChI=1S/C22H18Cl2N4O2/c1-13-3-6-17(9-14(13)2)28-26-19-7-5-16(11-20(19)27-28)25-22(29)12-30-21-8-4-15(23)10-18(21)24/h3-11H,12H2,1-2H3,(H,25,29). The monoisotopic (exact) mass is 440 g/mol. The second-order valence-corrected chi connectivity index (χ2v) is 7.72. The van der Waals surface area contributed by atoms with Crippen LogP contribution in [0.4, 0.5) is 5.69 Å². The van der Waals surface area contributed by atoms with Crippen LogP contribution >= 0.6 is 23.2 Å². The summed E-state index contributed by atoms with van der Waals surface area (Å²) in [4.78, 5) is 13.8. The Morgan fingerprint density at radius 2 is 1.77 bits per heavy atom. The molecule has 0 bridgehead atoms. The van der Waals surface area contributed by atoms with Gasteiger partial charge in [0.1, 0.15) is 16.8 Å². The number of aromatic nitrogens is 3. The van der Waals surface area contributed by atoms with Crippen molar-refractivity contribution in [3.05, 3.63) is 75.8 Å². The zero-order valence-corrected chi connectivity index (χ0v) is 17.8. The summed E-state index contributed by atoms with van der Waals surface area (Å²) < 4.78 is 5.46. The molecule has 0 aliphatic carbocycles. The normalized spacial score (nSPS) is 10.9. The van der Waals surface area contributed by atoms with Crippen molar-refractivity contribution >= 4 is 45.8 Å². The summed E-state index contributed by atoms with van der Waals surface area (Å²) >= 11 is 11.9. The number of fused-ring (bicyclic) bond motifs is 1. The van der Waals surface area contributed by atoms with Crippen LogP contribution in [0.25, 0.3) is 16.7 Å². The Morgan fingerprint density at radius 3 is 2.53 bits per heavy atom. The summed E-state index contributed by atoms with van der Waals surface area (Å²) in [6.07, 6.45) is 0. The molecule has 0 saturated heterocycles. The summed E-state index contributed by atoms with van der Waals surface area (Å²) in [7, 11) is 0. The minimum absolute atomic E-state index is 0.186. The summed E-state index contributed by atoms with van der Waals surface area (Å²) in [6.45, 7) is 3.93. The topological polar surface area (TPSA) is 69.0 Å². The van der Waals surface area contributed by atoms with Crippen LogP contribution in [0, 0.1) is 13.8 Å². The van der Waals surface area contributed by atoms with Gasteiger partial charge in [-0.1, -0.05) is 29.3 Å². The van der Waals surface area contributed by atoms with Gasteiger partial charge in [-0.25, -0.2) is 0 Å². The van der Waals surface area contributed by atoms with Gasteiger partial charge in [0.25, 0.3) is 5.91 Å². The Bertz CT molecular complexity index is 1250. The highest BCUT2D eigenvalue weighted by molar-refractivity contribution is 6.35. The van der Waals surface area contributed by atoms with E-state index in [-0.39, 0.29) is 12.5 Å². The minimum atomic E-state index is -0.318. The third kappa shape index (κ3) is 4.40. The molecule has 4 rings (SSSR count). The fourth-order valence-corrected chi connectivity index (χ4v) is 3.35. The molecule has 0 fully saturated rings. The van der Waals surface area contributed by atoms with Gasteiger partial charge in [-0.3, -0.25) is 4.79 Å². The number of anilines is 1. The van der Waals surface area contributed by atoms with Gasteiger partial charge in [-0.05, 0) is 73.5 Å². The lowest BCUT2D eigenvalue weighted by molar-refractivity contribution is -0.118. The van der Waals surface area contributed by atoms with Crippen molar-refractivity contribution in [1.29, 1.82) is 0 Å². The summed E-state index contributed by atoms with van der Waals surface area (Å²) in [5.41, 5.74) is 5.27. The molecule has 0 spiro atoms. The predicted molar refractivity (Wildman–Crippen MR) is 119 cm³/mol. The third-order valence-electron chi connectivity index (χ3n) is 4.64. The highest BCUT2D eigenvalue weighted by Gasteiger charge is 2.10. The number of halogens is 2. The van der Waals surface area contributed by atoms with Crippen molar-refractivity contribution in [1.82, 2.24) is 15.0 Å². The number of benzene rings is 3. The van der Waals surface area contributed by atoms with E-state index >= 15 is 0 Å². The summed E-state index contributed by atoms with van der Waals surface area (Å²) in [5.74, 6) is 0.0740. The van der Waals surface area contributed by atoms with E-state index in [1.165, 1.54) is 11.1 Å². The first-order chi connectivity index (χ1) is 14.4. The molecule has 1 aromatic heterocycles. The number of rotatable bonds is 5. The molecule has 0 radical (unpaired) electrons. The number of nitrogens with zero attached hydrogens (tertiary/aromatic N) is 3. The van der Waals surface area contributed by atoms with E-state index in [0.29, 0.717) is 27.0 Å². The van der Waals surface area contributed by atoms with E-state index in [9.17, 15) is 4.79 Å². The van der Waals surface area contributed by atoms with Crippen molar-refractivity contribution in [2.45, 2.75) is 13.8 Å². The highest BCUT2D eigenvalue weighted by Crippen LogP contribution is 2.27. The first-order valence-electron chi connectivity index (χ1n) is 9.21. The zero-order valence-electron chi connectivity index (χ0n) is 16.3. The molecule has 0 atom stereocenters. The maximum Gasteiger partial charge on any atom is 0.262 e. The summed E-state index contributed by atoms with van der Waals surface area (Å²) in [5, 5.41) is 12.7. The molecular formula is C22H18Cl2N4O2. The SMILES string of the molecule is Cc1ccc(-n2nc3ccc(NC(=O)COc4ccc(Cl)cc4Cl)cc3n2)cc1C. The lowest BCUT2D eigenvalue weighted by Crippen LogP contribution is -2.20. The molecule has 0 unspecified atom stereocenters. The maximum absolute atomic E-state index is 12.2. The molecule has 8 heteroatoms. The van der Waals surface area contributed by atoms with Crippen molar-refractivity contribution in [3.63, 3.8) is 0 Å². The molecule has 4 aromatic rings. The van der Waals surface area contributed by atoms with Crippen LogP contribution in [0.2, 0.25) is 10.0 Å². The van der Waals surface area contributed by atoms with E-state index in [1.807, 2.05) is 24.3 Å². The number of ether oxygens (including phenoxy) is 1. The lowest BCUT2D eigenvalue weighted by Gasteiger charge is -2.09. The maximum atomic E-state index is 12.2. The highest BCUT2D eigenvalue weighted by atomic mass is 35.5. The first-order valence-corrected chi connectivity index (χ1v) is 9.97. The van der Waals surface area contributed by atoms with Crippen LogP contribution in [-0.4, -0.2) is 27.5 Å². The quantitative estimate of drug-likeness (QED) is 0.453. The van der Waals surface area contributed by atoms with Gasteiger partial charge in [0.2, 0.25) is 0 Å². The molecule has 1 N–H and O–H groups in total. The summed E-state index contributed by atoms with van der Waals surface area (Å²) in [6, 6.07) is 16.2. The predicted octanol–water partition coefficient (Wildman–Crippen LogP) is 5.36. The Kier molecular flexibility index (Phi) is 5.61. The number of hydrogen-bond donors (Lipinski definition) is 1. The third-order valence-corrected chi connectivity index (χ3v) is 5.17. The Hall–Kier alpha value is -3.09. The fourth-order valence-electron chi connectivity index (χ4n) is 2.89. The Labute approximate surface area is 183 Å². The van der Waals surface area contributed by atoms with Gasteiger partial charge in [0.15, 0.2) is 6.61 Å². The van der Waals surface area contributed by atoms with Crippen LogP contribution in [0.1, 0.15) is 11.1 Å². The van der Waals surface area contributed by atoms with E-state index in [0.717, 1.165) is 11.2 Å². The molecule has 152 valence electrons. The van der Waals surface area contributed by atoms with Crippen molar-refractivity contribution in [3.8, 4) is 11.4 Å². The van der Waals surface area contributed by atoms with Crippen LogP contribution in [0.3, 0.4) is 0 Å². The van der Waals surface area contributed by atoms with Gasteiger partial charge in [0, 0.05) is 10.7 Å². The molecule has 0 saturated carbocycles. The van der Waals surface area contributed by atoms with E-state index in [2.05, 4.69) is 29.4 Å². The second-order valence-electron chi connectivity index (χ2n) is 6.87. The molecule has 6 nitrogen and oxygen atoms in total. The number of amides is 1. The average Bonchev–Trinajstić information content (AvgIpc) is 3.13. The zero-order chi connectivity index (χ0) is 21.3. The number of carbonyl (C=O) groups excluding carboxylic acids is 1. The largest absolute Gasteiger partial charge is 0.482 e. The van der Waals surface area contributed by atoms with E-state index in [4.69, 9.17) is 27.9 Å². The molecule has 3 aromatic carbocycles. The smallest absolute Gasteiger partial charge is 0.262 e. The number of aryl methyl sites for hydroxylation is 2. The number of nitrogens with one attached hydrogen (secondary N) is 1. The number of hydrogen-bond acceptors (Lipinski definition) is 4. The first kappa shape index (κ1) is 20.2. The molecule has 0 aliphatic heterocycles. The molecule has 30 heavy (non-hydrogen) atoms. The van der Waals surface area contributed by atoms with E-state index in [1.54, 1.807) is 35.1 Å². The number of carbonyl (C=O) groups is 1. The average molecular weight is 441 g/mol. The molecule has 1 heterocycles. The van der Waals surface area contributed by atoms with Crippen LogP contribution in [0.15, 0.2) is 54.6 Å². The van der Waals surface area contributed by atoms with Gasteiger partial charge in [-0.2, -0.15) is 4.80 Å². The van der Waals surface area contributed by atoms with Gasteiger partial charge in [0.05, 0.1) is 10.7 Å². The van der Waals surface area contributed by atoms with Gasteiger partial charge in [-0.15, -0.1) is 10.2 Å². The Morgan fingerprint density at radius 1 is 0.967 bits per heavy atom. The second kappa shape index (κ2) is 8.34. The van der Waals surface area contributed by atoms with Crippen molar-refractivity contribution in [2.24, 2.45) is 0 Å². The van der Waals surface area contributed by atoms with Crippen LogP contribution in [-0.2, 0) is 4.79 Å². The van der Waals surface area contributed by atoms with Gasteiger partial charge >= 0.3 is 0 Å². The molecule has 1 amide bonds. The molecular weight excluding hydrogens is 423 g/mol. The van der Waals surface area contributed by atoms with Gasteiger partial charge < -0.3 is 10.1 Å². The van der Waals surface area contributed by atoms with Crippen LogP contribution < -0.4 is 10.1 Å². The Balaban J connectivity index is 1.46. The van der Waals surface area contributed by atoms with Crippen molar-refractivity contribution in [2.75, 3.05) is 11.9 Å². The minimum Gasteiger partial charge on any atom is -0.482 e. The molecule has 0 aliphatic rings. The van der Waals surface area contributed by atoms with E-state index < -0.39 is 0 Å². The van der Waals surface area contributed by atoms with Crippen molar-refractivity contribution < 1.29 is 9.53 Å². The van der Waals surface area contributed by atoms with Crippen LogP contribution in [0.5, 0.6) is 5.75 Å². The fraction of sp³-hybridized carbons (Fsp3) is 0.136.